The van der Waals surface area contributed by atoms with Crippen molar-refractivity contribution in [1.82, 2.24) is 0 Å². The third-order valence-corrected chi connectivity index (χ3v) is 3.60. The molecule has 0 spiro atoms. The molecule has 0 radical (unpaired) electrons. The lowest BCUT2D eigenvalue weighted by Gasteiger charge is -2.06. The highest BCUT2D eigenvalue weighted by Crippen LogP contribution is 2.18. The predicted octanol–water partition coefficient (Wildman–Crippen LogP) is 5.07. The lowest BCUT2D eigenvalue weighted by molar-refractivity contribution is 0.104. The van der Waals surface area contributed by atoms with Gasteiger partial charge in [-0.15, -0.1) is 0 Å². The van der Waals surface area contributed by atoms with Gasteiger partial charge in [-0.2, -0.15) is 0 Å². The molecule has 2 nitrogen and oxygen atoms in total. The SMILES string of the molecule is Cc1c(F)cccc1N/C=C/C(=O)c1ccc(C(C)C)cc1. The first kappa shape index (κ1) is 16.0. The molecule has 0 heterocycles. The molecule has 3 heteroatoms. The van der Waals surface area contributed by atoms with Gasteiger partial charge in [-0.1, -0.05) is 44.2 Å². The van der Waals surface area contributed by atoms with E-state index >= 15 is 0 Å². The molecule has 2 rings (SSSR count). The topological polar surface area (TPSA) is 29.1 Å². The van der Waals surface area contributed by atoms with Crippen LogP contribution in [0, 0.1) is 12.7 Å². The number of hydrogen-bond acceptors (Lipinski definition) is 2. The first-order valence-corrected chi connectivity index (χ1v) is 7.31. The first-order valence-electron chi connectivity index (χ1n) is 7.31. The minimum Gasteiger partial charge on any atom is -0.361 e. The van der Waals surface area contributed by atoms with Crippen molar-refractivity contribution in [2.24, 2.45) is 0 Å². The average molecular weight is 297 g/mol. The Morgan fingerprint density at radius 1 is 1.14 bits per heavy atom. The third-order valence-electron chi connectivity index (χ3n) is 3.60. The normalized spacial score (nSPS) is 11.1. The molecule has 0 aliphatic carbocycles. The van der Waals surface area contributed by atoms with Crippen molar-refractivity contribution in [3.63, 3.8) is 0 Å². The van der Waals surface area contributed by atoms with E-state index in [1.807, 2.05) is 24.3 Å². The molecule has 0 aliphatic heterocycles. The van der Waals surface area contributed by atoms with E-state index in [9.17, 15) is 9.18 Å². The maximum Gasteiger partial charge on any atom is 0.187 e. The Hall–Kier alpha value is -2.42. The van der Waals surface area contributed by atoms with Crippen LogP contribution in [0.15, 0.2) is 54.7 Å². The van der Waals surface area contributed by atoms with Gasteiger partial charge in [0.2, 0.25) is 0 Å². The van der Waals surface area contributed by atoms with Crippen LogP contribution in [0.25, 0.3) is 0 Å². The maximum absolute atomic E-state index is 13.4. The molecule has 0 fully saturated rings. The standard InChI is InChI=1S/C19H20FNO/c1-13(2)15-7-9-16(10-8-15)19(22)11-12-21-18-6-4-5-17(20)14(18)3/h4-13,21H,1-3H3/b12-11+. The number of benzene rings is 2. The van der Waals surface area contributed by atoms with Crippen LogP contribution in [0.5, 0.6) is 0 Å². The van der Waals surface area contributed by atoms with E-state index in [1.165, 1.54) is 17.7 Å². The molecule has 0 aromatic heterocycles. The van der Waals surface area contributed by atoms with Gasteiger partial charge in [-0.05, 0) is 30.5 Å². The molecule has 0 atom stereocenters. The smallest absolute Gasteiger partial charge is 0.187 e. The predicted molar refractivity (Wildman–Crippen MR) is 88.8 cm³/mol. The zero-order chi connectivity index (χ0) is 16.1. The lowest BCUT2D eigenvalue weighted by Crippen LogP contribution is -1.98. The second kappa shape index (κ2) is 7.03. The zero-order valence-corrected chi connectivity index (χ0v) is 13.1. The van der Waals surface area contributed by atoms with Crippen LogP contribution < -0.4 is 5.32 Å². The summed E-state index contributed by atoms with van der Waals surface area (Å²) >= 11 is 0. The minimum absolute atomic E-state index is 0.0862. The van der Waals surface area contributed by atoms with Crippen molar-refractivity contribution in [3.05, 3.63) is 77.2 Å². The molecule has 114 valence electrons. The Bertz CT molecular complexity index is 687. The third kappa shape index (κ3) is 3.82. The number of carbonyl (C=O) groups is 1. The van der Waals surface area contributed by atoms with Crippen LogP contribution in [-0.4, -0.2) is 5.78 Å². The highest BCUT2D eigenvalue weighted by molar-refractivity contribution is 6.04. The highest BCUT2D eigenvalue weighted by atomic mass is 19.1. The molecule has 0 amide bonds. The van der Waals surface area contributed by atoms with E-state index in [0.717, 1.165) is 0 Å². The highest BCUT2D eigenvalue weighted by Gasteiger charge is 2.04. The van der Waals surface area contributed by atoms with Crippen molar-refractivity contribution in [2.75, 3.05) is 5.32 Å². The van der Waals surface area contributed by atoms with E-state index < -0.39 is 0 Å². The molecule has 0 bridgehead atoms. The summed E-state index contributed by atoms with van der Waals surface area (Å²) < 4.78 is 13.4. The number of rotatable bonds is 5. The second-order valence-corrected chi connectivity index (χ2v) is 5.53. The summed E-state index contributed by atoms with van der Waals surface area (Å²) in [4.78, 5) is 12.1. The molecule has 0 unspecified atom stereocenters. The van der Waals surface area contributed by atoms with Gasteiger partial charge >= 0.3 is 0 Å². The number of ketones is 1. The second-order valence-electron chi connectivity index (χ2n) is 5.53. The van der Waals surface area contributed by atoms with Crippen molar-refractivity contribution >= 4 is 11.5 Å². The Balaban J connectivity index is 2.03. The van der Waals surface area contributed by atoms with Crippen molar-refractivity contribution < 1.29 is 9.18 Å². The van der Waals surface area contributed by atoms with Gasteiger partial charge in [0.05, 0.1) is 0 Å². The fourth-order valence-corrected chi connectivity index (χ4v) is 2.10. The Labute approximate surface area is 130 Å². The number of carbonyl (C=O) groups excluding carboxylic acids is 1. The Morgan fingerprint density at radius 3 is 2.45 bits per heavy atom. The molecule has 2 aromatic carbocycles. The average Bonchev–Trinajstić information content (AvgIpc) is 2.51. The van der Waals surface area contributed by atoms with E-state index in [2.05, 4.69) is 19.2 Å². The largest absolute Gasteiger partial charge is 0.361 e. The lowest BCUT2D eigenvalue weighted by atomic mass is 10.0. The number of nitrogens with one attached hydrogen (secondary N) is 1. The van der Waals surface area contributed by atoms with Crippen molar-refractivity contribution in [3.8, 4) is 0 Å². The molecular formula is C19H20FNO. The summed E-state index contributed by atoms with van der Waals surface area (Å²) in [6.07, 6.45) is 3.00. The molecule has 22 heavy (non-hydrogen) atoms. The van der Waals surface area contributed by atoms with Crippen LogP contribution in [0.2, 0.25) is 0 Å². The van der Waals surface area contributed by atoms with Crippen molar-refractivity contribution in [1.29, 1.82) is 0 Å². The molecule has 0 saturated heterocycles. The van der Waals surface area contributed by atoms with Gasteiger partial charge in [0.25, 0.3) is 0 Å². The van der Waals surface area contributed by atoms with Crippen LogP contribution in [0.4, 0.5) is 10.1 Å². The summed E-state index contributed by atoms with van der Waals surface area (Å²) in [7, 11) is 0. The fourth-order valence-electron chi connectivity index (χ4n) is 2.10. The van der Waals surface area contributed by atoms with Gasteiger partial charge in [0.15, 0.2) is 5.78 Å². The van der Waals surface area contributed by atoms with Crippen molar-refractivity contribution in [2.45, 2.75) is 26.7 Å². The zero-order valence-electron chi connectivity index (χ0n) is 13.1. The molecule has 0 saturated carbocycles. The summed E-state index contributed by atoms with van der Waals surface area (Å²) in [5.41, 5.74) is 3.02. The molecular weight excluding hydrogens is 277 g/mol. The molecule has 1 N–H and O–H groups in total. The summed E-state index contributed by atoms with van der Waals surface area (Å²) in [6.45, 7) is 5.92. The number of halogens is 1. The Kier molecular flexibility index (Phi) is 5.10. The summed E-state index contributed by atoms with van der Waals surface area (Å²) in [6, 6.07) is 12.4. The van der Waals surface area contributed by atoms with Gasteiger partial charge < -0.3 is 5.32 Å². The van der Waals surface area contributed by atoms with Gasteiger partial charge in [0, 0.05) is 29.1 Å². The van der Waals surface area contributed by atoms with E-state index in [4.69, 9.17) is 0 Å². The van der Waals surface area contributed by atoms with E-state index in [1.54, 1.807) is 25.3 Å². The fraction of sp³-hybridized carbons (Fsp3) is 0.211. The molecule has 0 aliphatic rings. The van der Waals surface area contributed by atoms with Gasteiger partial charge in [0.1, 0.15) is 5.82 Å². The monoisotopic (exact) mass is 297 g/mol. The van der Waals surface area contributed by atoms with Crippen LogP contribution >= 0.6 is 0 Å². The maximum atomic E-state index is 13.4. The van der Waals surface area contributed by atoms with E-state index in [0.29, 0.717) is 22.7 Å². The number of hydrogen-bond donors (Lipinski definition) is 1. The van der Waals surface area contributed by atoms with Gasteiger partial charge in [-0.25, -0.2) is 4.39 Å². The van der Waals surface area contributed by atoms with E-state index in [-0.39, 0.29) is 11.6 Å². The van der Waals surface area contributed by atoms with Crippen LogP contribution in [0.3, 0.4) is 0 Å². The van der Waals surface area contributed by atoms with Gasteiger partial charge in [-0.3, -0.25) is 4.79 Å². The number of allylic oxidation sites excluding steroid dienone is 1. The first-order chi connectivity index (χ1) is 10.5. The summed E-state index contributed by atoms with van der Waals surface area (Å²) in [5, 5.41) is 2.94. The summed E-state index contributed by atoms with van der Waals surface area (Å²) in [5.74, 6) is 0.0863. The Morgan fingerprint density at radius 2 is 1.82 bits per heavy atom. The quantitative estimate of drug-likeness (QED) is 0.617. The minimum atomic E-state index is -0.269. The number of anilines is 1. The molecule has 2 aromatic rings. The van der Waals surface area contributed by atoms with Crippen LogP contribution in [-0.2, 0) is 0 Å². The van der Waals surface area contributed by atoms with Crippen LogP contribution in [0.1, 0.15) is 41.3 Å².